The molecule has 4 heteroatoms. The van der Waals surface area contributed by atoms with Gasteiger partial charge in [0, 0.05) is 12.5 Å². The molecule has 1 aliphatic heterocycles. The minimum Gasteiger partial charge on any atom is -0.352 e. The smallest absolute Gasteiger partial charge is 0.242 e. The maximum Gasteiger partial charge on any atom is 0.242 e. The lowest BCUT2D eigenvalue weighted by Gasteiger charge is -2.15. The number of nitrogens with one attached hydrogen (secondary N) is 2. The summed E-state index contributed by atoms with van der Waals surface area (Å²) in [5.41, 5.74) is 0. The first-order valence-electron chi connectivity index (χ1n) is 4.73. The van der Waals surface area contributed by atoms with Gasteiger partial charge in [-0.3, -0.25) is 9.59 Å². The lowest BCUT2D eigenvalue weighted by molar-refractivity contribution is -0.126. The molecule has 1 heterocycles. The van der Waals surface area contributed by atoms with Gasteiger partial charge in [-0.1, -0.05) is 6.92 Å². The summed E-state index contributed by atoms with van der Waals surface area (Å²) in [6, 6.07) is -0.119. The fourth-order valence-corrected chi connectivity index (χ4v) is 1.26. The zero-order valence-corrected chi connectivity index (χ0v) is 8.09. The second-order valence-corrected chi connectivity index (χ2v) is 3.48. The molecule has 4 nitrogen and oxygen atoms in total. The molecule has 0 radical (unpaired) electrons. The molecule has 0 unspecified atom stereocenters. The molecule has 1 saturated heterocycles. The standard InChI is InChI=1S/C9H16N2O2/c1-3-6(2)10-9(13)7-4-5-8(12)11-7/h6-7H,3-5H2,1-2H3,(H,10,13)(H,11,12)/t6-,7+/m0/s1. The van der Waals surface area contributed by atoms with Crippen LogP contribution in [-0.2, 0) is 9.59 Å². The lowest BCUT2D eigenvalue weighted by Crippen LogP contribution is -2.44. The Morgan fingerprint density at radius 2 is 2.46 bits per heavy atom. The van der Waals surface area contributed by atoms with Crippen molar-refractivity contribution in [3.63, 3.8) is 0 Å². The Labute approximate surface area is 78.1 Å². The maximum absolute atomic E-state index is 11.4. The molecule has 0 aromatic heterocycles. The van der Waals surface area contributed by atoms with Crippen LogP contribution in [0.2, 0.25) is 0 Å². The largest absolute Gasteiger partial charge is 0.352 e. The topological polar surface area (TPSA) is 58.2 Å². The van der Waals surface area contributed by atoms with Crippen molar-refractivity contribution in [2.24, 2.45) is 0 Å². The molecule has 2 N–H and O–H groups in total. The Morgan fingerprint density at radius 3 is 2.92 bits per heavy atom. The van der Waals surface area contributed by atoms with E-state index >= 15 is 0 Å². The molecular formula is C9H16N2O2. The Kier molecular flexibility index (Phi) is 3.28. The molecule has 2 atom stereocenters. The first kappa shape index (κ1) is 10.0. The molecule has 0 bridgehead atoms. The highest BCUT2D eigenvalue weighted by Crippen LogP contribution is 2.06. The first-order chi connectivity index (χ1) is 6.13. The van der Waals surface area contributed by atoms with E-state index in [2.05, 4.69) is 10.6 Å². The Hall–Kier alpha value is -1.06. The van der Waals surface area contributed by atoms with E-state index in [0.29, 0.717) is 12.8 Å². The van der Waals surface area contributed by atoms with Crippen LogP contribution in [0.3, 0.4) is 0 Å². The van der Waals surface area contributed by atoms with E-state index in [4.69, 9.17) is 0 Å². The summed E-state index contributed by atoms with van der Waals surface area (Å²) in [4.78, 5) is 22.3. The van der Waals surface area contributed by atoms with E-state index in [0.717, 1.165) is 6.42 Å². The number of carbonyl (C=O) groups excluding carboxylic acids is 2. The van der Waals surface area contributed by atoms with Crippen LogP contribution in [0.15, 0.2) is 0 Å². The Bertz CT molecular complexity index is 216. The zero-order chi connectivity index (χ0) is 9.84. The van der Waals surface area contributed by atoms with Gasteiger partial charge in [0.05, 0.1) is 0 Å². The van der Waals surface area contributed by atoms with Crippen LogP contribution in [0, 0.1) is 0 Å². The van der Waals surface area contributed by atoms with Gasteiger partial charge in [-0.2, -0.15) is 0 Å². The molecule has 13 heavy (non-hydrogen) atoms. The Balaban J connectivity index is 2.35. The number of carbonyl (C=O) groups is 2. The van der Waals surface area contributed by atoms with Gasteiger partial charge in [0.15, 0.2) is 0 Å². The second-order valence-electron chi connectivity index (χ2n) is 3.48. The summed E-state index contributed by atoms with van der Waals surface area (Å²) in [5, 5.41) is 5.47. The third kappa shape index (κ3) is 2.72. The average Bonchev–Trinajstić information content (AvgIpc) is 2.51. The average molecular weight is 184 g/mol. The molecule has 1 rings (SSSR count). The van der Waals surface area contributed by atoms with Gasteiger partial charge in [0.1, 0.15) is 6.04 Å². The van der Waals surface area contributed by atoms with Crippen molar-refractivity contribution in [1.29, 1.82) is 0 Å². The van der Waals surface area contributed by atoms with Gasteiger partial charge in [0.25, 0.3) is 0 Å². The van der Waals surface area contributed by atoms with Crippen molar-refractivity contribution < 1.29 is 9.59 Å². The normalized spacial score (nSPS) is 23.8. The molecule has 0 saturated carbocycles. The number of hydrogen-bond donors (Lipinski definition) is 2. The fourth-order valence-electron chi connectivity index (χ4n) is 1.26. The monoisotopic (exact) mass is 184 g/mol. The highest BCUT2D eigenvalue weighted by Gasteiger charge is 2.27. The van der Waals surface area contributed by atoms with Gasteiger partial charge in [-0.05, 0) is 19.8 Å². The van der Waals surface area contributed by atoms with Crippen molar-refractivity contribution in [2.75, 3.05) is 0 Å². The first-order valence-corrected chi connectivity index (χ1v) is 4.73. The van der Waals surface area contributed by atoms with Crippen molar-refractivity contribution in [3.05, 3.63) is 0 Å². The molecule has 1 aliphatic rings. The number of hydrogen-bond acceptors (Lipinski definition) is 2. The molecule has 0 aromatic rings. The van der Waals surface area contributed by atoms with Crippen LogP contribution in [0.5, 0.6) is 0 Å². The van der Waals surface area contributed by atoms with Crippen LogP contribution in [0.25, 0.3) is 0 Å². The van der Waals surface area contributed by atoms with Crippen LogP contribution in [0.1, 0.15) is 33.1 Å². The van der Waals surface area contributed by atoms with Crippen molar-refractivity contribution >= 4 is 11.8 Å². The van der Waals surface area contributed by atoms with Crippen molar-refractivity contribution in [3.8, 4) is 0 Å². The van der Waals surface area contributed by atoms with Gasteiger partial charge in [-0.15, -0.1) is 0 Å². The third-order valence-electron chi connectivity index (χ3n) is 2.31. The zero-order valence-electron chi connectivity index (χ0n) is 8.09. The minimum atomic E-state index is -0.304. The third-order valence-corrected chi connectivity index (χ3v) is 2.31. The summed E-state index contributed by atoms with van der Waals surface area (Å²) in [6.45, 7) is 3.97. The van der Waals surface area contributed by atoms with Gasteiger partial charge < -0.3 is 10.6 Å². The van der Waals surface area contributed by atoms with E-state index in [-0.39, 0.29) is 23.9 Å². The molecule has 0 aliphatic carbocycles. The van der Waals surface area contributed by atoms with Crippen LogP contribution in [0.4, 0.5) is 0 Å². The summed E-state index contributed by atoms with van der Waals surface area (Å²) in [6.07, 6.45) is 2.01. The molecule has 74 valence electrons. The molecular weight excluding hydrogens is 168 g/mol. The predicted molar refractivity (Wildman–Crippen MR) is 49.1 cm³/mol. The number of rotatable bonds is 3. The SMILES string of the molecule is CC[C@H](C)NC(=O)[C@H]1CCC(=O)N1. The van der Waals surface area contributed by atoms with Crippen molar-refractivity contribution in [2.45, 2.75) is 45.2 Å². The highest BCUT2D eigenvalue weighted by molar-refractivity contribution is 5.90. The van der Waals surface area contributed by atoms with Crippen LogP contribution < -0.4 is 10.6 Å². The Morgan fingerprint density at radius 1 is 1.77 bits per heavy atom. The highest BCUT2D eigenvalue weighted by atomic mass is 16.2. The van der Waals surface area contributed by atoms with Gasteiger partial charge in [0.2, 0.25) is 11.8 Å². The maximum atomic E-state index is 11.4. The van der Waals surface area contributed by atoms with E-state index in [1.54, 1.807) is 0 Å². The van der Waals surface area contributed by atoms with Crippen LogP contribution in [-0.4, -0.2) is 23.9 Å². The minimum absolute atomic E-state index is 0.0238. The summed E-state index contributed by atoms with van der Waals surface area (Å²) < 4.78 is 0. The second kappa shape index (κ2) is 4.25. The molecule has 0 aromatic carbocycles. The molecule has 2 amide bonds. The van der Waals surface area contributed by atoms with Gasteiger partial charge in [-0.25, -0.2) is 0 Å². The van der Waals surface area contributed by atoms with Gasteiger partial charge >= 0.3 is 0 Å². The van der Waals surface area contributed by atoms with E-state index in [9.17, 15) is 9.59 Å². The summed E-state index contributed by atoms with van der Waals surface area (Å²) in [7, 11) is 0. The quantitative estimate of drug-likeness (QED) is 0.657. The summed E-state index contributed by atoms with van der Waals surface area (Å²) >= 11 is 0. The summed E-state index contributed by atoms with van der Waals surface area (Å²) in [5.74, 6) is -0.0792. The molecule has 0 spiro atoms. The fraction of sp³-hybridized carbons (Fsp3) is 0.778. The lowest BCUT2D eigenvalue weighted by atomic mass is 10.2. The van der Waals surface area contributed by atoms with E-state index < -0.39 is 0 Å². The molecule has 1 fully saturated rings. The number of amides is 2. The van der Waals surface area contributed by atoms with Crippen LogP contribution >= 0.6 is 0 Å². The van der Waals surface area contributed by atoms with E-state index in [1.807, 2.05) is 13.8 Å². The van der Waals surface area contributed by atoms with Crippen molar-refractivity contribution in [1.82, 2.24) is 10.6 Å². The predicted octanol–water partition coefficient (Wildman–Crippen LogP) is 0.180. The van der Waals surface area contributed by atoms with E-state index in [1.165, 1.54) is 0 Å².